The molecule has 0 saturated heterocycles. The van der Waals surface area contributed by atoms with E-state index in [0.29, 0.717) is 0 Å². The fourth-order valence-corrected chi connectivity index (χ4v) is 0. The van der Waals surface area contributed by atoms with Crippen LogP contribution in [0.2, 0.25) is 0 Å². The Morgan fingerprint density at radius 3 is 0.909 bits per heavy atom. The molecule has 0 amide bonds. The molecule has 7 nitrogen and oxygen atoms in total. The summed E-state index contributed by atoms with van der Waals surface area (Å²) in [6.07, 6.45) is 0. The fraction of sp³-hybridized carbons (Fsp3) is 0. The van der Waals surface area contributed by atoms with Crippen molar-refractivity contribution in [3.8, 4) is 0 Å². The topological polar surface area (TPSA) is 147 Å². The van der Waals surface area contributed by atoms with Crippen LogP contribution in [0.15, 0.2) is 0 Å². The van der Waals surface area contributed by atoms with E-state index in [0.717, 1.165) is 0 Å². The van der Waals surface area contributed by atoms with E-state index in [4.69, 9.17) is 21.4 Å². The van der Waals surface area contributed by atoms with Gasteiger partial charge in [-0.3, -0.25) is 0 Å². The van der Waals surface area contributed by atoms with Crippen LogP contribution < -0.4 is 0 Å². The molecule has 0 aliphatic rings. The van der Waals surface area contributed by atoms with E-state index >= 15 is 0 Å². The van der Waals surface area contributed by atoms with Crippen LogP contribution in [-0.4, -0.2) is 115 Å². The molecule has 0 aliphatic carbocycles. The first-order chi connectivity index (χ1) is 3.46. The molecule has 64 valence electrons. The Morgan fingerprint density at radius 2 is 0.909 bits per heavy atom. The Hall–Kier alpha value is 3.88. The summed E-state index contributed by atoms with van der Waals surface area (Å²) in [4.78, 5) is 0. The van der Waals surface area contributed by atoms with Crippen molar-refractivity contribution in [2.24, 2.45) is 0 Å². The molecule has 0 heterocycles. The van der Waals surface area contributed by atoms with Gasteiger partial charge in [0.1, 0.15) is 0 Å². The third-order valence-electron chi connectivity index (χ3n) is 0. The molecule has 0 aromatic heterocycles. The molecule has 0 fully saturated rings. The molecule has 6 N–H and O–H groups in total. The predicted molar refractivity (Wildman–Crippen MR) is 29.8 cm³/mol. The van der Waals surface area contributed by atoms with Gasteiger partial charge in [0.15, 0.2) is 0 Å². The zero-order valence-corrected chi connectivity index (χ0v) is 16.6. The predicted octanol–water partition coefficient (Wildman–Crippen LogP) is -3.61. The molecular formula is H10BaO7SrTi2. The molecule has 11 heavy (non-hydrogen) atoms. The van der Waals surface area contributed by atoms with Crippen LogP contribution in [-0.2, 0) is 43.9 Å². The second-order valence-electron chi connectivity index (χ2n) is 0.565. The van der Waals surface area contributed by atoms with E-state index in [1.807, 2.05) is 0 Å². The van der Waals surface area contributed by atoms with E-state index in [9.17, 15) is 0 Å². The molecule has 0 atom stereocenters. The van der Waals surface area contributed by atoms with Gasteiger partial charge in [0.05, 0.1) is 0 Å². The largest absolute Gasteiger partial charge is 2.00 e. The van der Waals surface area contributed by atoms with Crippen molar-refractivity contribution in [3.63, 3.8) is 0 Å². The minimum Gasteiger partial charge on any atom is 2.00 e. The van der Waals surface area contributed by atoms with Crippen LogP contribution in [0.3, 0.4) is 0 Å². The minimum absolute atomic E-state index is 0. The van der Waals surface area contributed by atoms with Gasteiger partial charge in [-0.2, -0.15) is 0 Å². The zero-order valence-electron chi connectivity index (χ0n) is 9.52. The monoisotopic (exact) mass is 444 g/mol. The van der Waals surface area contributed by atoms with Gasteiger partial charge in [-0.25, -0.2) is 0 Å². The Morgan fingerprint density at radius 1 is 0.909 bits per heavy atom. The van der Waals surface area contributed by atoms with Crippen molar-refractivity contribution in [3.05, 3.63) is 0 Å². The first kappa shape index (κ1) is 29.4. The second kappa shape index (κ2) is 23.6. The Labute approximate surface area is 160 Å². The molecule has 0 bridgehead atoms. The Balaban J connectivity index is -0.00000000468. The van der Waals surface area contributed by atoms with Crippen LogP contribution >= 0.6 is 0 Å². The molecule has 0 radical (unpaired) electrons. The Bertz CT molecular complexity index is 87.0. The van der Waals surface area contributed by atoms with E-state index in [1.54, 1.807) is 0 Å². The second-order valence-corrected chi connectivity index (χ2v) is 2.33. The van der Waals surface area contributed by atoms with Gasteiger partial charge in [-0.15, -0.1) is 0 Å². The summed E-state index contributed by atoms with van der Waals surface area (Å²) in [6, 6.07) is 0. The molecule has 0 rings (SSSR count). The SMILES string of the molecule is O.[Ba+2].[H-].[H-].[H-].[H-].[O]=[Ti]([OH])[OH].[O]=[Ti]([OH])[OH].[Sr+2]. The van der Waals surface area contributed by atoms with E-state index in [2.05, 4.69) is 0 Å². The summed E-state index contributed by atoms with van der Waals surface area (Å²) in [7, 11) is 0. The summed E-state index contributed by atoms with van der Waals surface area (Å²) in [6.45, 7) is 0. The third kappa shape index (κ3) is 130. The van der Waals surface area contributed by atoms with Gasteiger partial charge >= 0.3 is 153 Å². The molecule has 0 aromatic rings. The molecule has 0 aliphatic heterocycles. The first-order valence-corrected chi connectivity index (χ1v) is 5.37. The molecule has 11 heteroatoms. The quantitative estimate of drug-likeness (QED) is 0.285. The maximum Gasteiger partial charge on any atom is 2.00 e. The Kier molecular flexibility index (Phi) is 63.0. The molecular weight excluding hydrogens is 433 g/mol. The van der Waals surface area contributed by atoms with Gasteiger partial charge in [0, 0.05) is 0 Å². The standard InChI is InChI=1S/Ba.5H2O.2O.Sr.2Ti.4H/h;5*1H2;;;;;;;;;/q+2;;;;;;;;3*+2;4*-1/p-4. The number of hydrogen-bond acceptors (Lipinski definition) is 2. The van der Waals surface area contributed by atoms with Crippen LogP contribution in [0.25, 0.3) is 0 Å². The molecule has 0 spiro atoms. The van der Waals surface area contributed by atoms with Crippen LogP contribution in [0.1, 0.15) is 5.71 Å². The average molecular weight is 443 g/mol. The van der Waals surface area contributed by atoms with Gasteiger partial charge in [-0.1, -0.05) is 0 Å². The molecule has 0 aromatic carbocycles. The summed E-state index contributed by atoms with van der Waals surface area (Å²) >= 11 is -7.17. The maximum atomic E-state index is 8.81. The van der Waals surface area contributed by atoms with Crippen molar-refractivity contribution in [2.75, 3.05) is 0 Å². The summed E-state index contributed by atoms with van der Waals surface area (Å²) in [5.74, 6) is 0. The maximum absolute atomic E-state index is 8.81. The van der Waals surface area contributed by atoms with Gasteiger partial charge in [-0.05, 0) is 0 Å². The normalized spacial score (nSPS) is 4.73. The first-order valence-electron chi connectivity index (χ1n) is 1.30. The van der Waals surface area contributed by atoms with Crippen molar-refractivity contribution in [2.45, 2.75) is 0 Å². The third-order valence-corrected chi connectivity index (χ3v) is 0. The van der Waals surface area contributed by atoms with Crippen LogP contribution in [0.4, 0.5) is 0 Å². The van der Waals surface area contributed by atoms with Gasteiger partial charge in [0.25, 0.3) is 0 Å². The van der Waals surface area contributed by atoms with Crippen LogP contribution in [0.5, 0.6) is 0 Å². The van der Waals surface area contributed by atoms with Crippen molar-refractivity contribution in [1.29, 1.82) is 0 Å². The van der Waals surface area contributed by atoms with Crippen molar-refractivity contribution in [1.82, 2.24) is 0 Å². The van der Waals surface area contributed by atoms with E-state index in [1.165, 1.54) is 0 Å². The number of hydrogen-bond donors (Lipinski definition) is 4. The van der Waals surface area contributed by atoms with Crippen molar-refractivity contribution >= 4 is 94.4 Å². The van der Waals surface area contributed by atoms with E-state index < -0.39 is 37.2 Å². The molecule has 0 unspecified atom stereocenters. The average Bonchev–Trinajstić information content (AvgIpc) is 1.25. The summed E-state index contributed by atoms with van der Waals surface area (Å²) in [5, 5.41) is 0. The molecule has 0 saturated carbocycles. The van der Waals surface area contributed by atoms with Crippen LogP contribution in [0, 0.1) is 0 Å². The van der Waals surface area contributed by atoms with E-state index in [-0.39, 0.29) is 106 Å². The van der Waals surface area contributed by atoms with Crippen molar-refractivity contribution < 1.29 is 69.8 Å². The summed E-state index contributed by atoms with van der Waals surface area (Å²) in [5.41, 5.74) is 0. The zero-order chi connectivity index (χ0) is 7.15. The van der Waals surface area contributed by atoms with Gasteiger partial charge in [0.2, 0.25) is 0 Å². The van der Waals surface area contributed by atoms with Gasteiger partial charge < -0.3 is 11.2 Å². The number of rotatable bonds is 0. The smallest absolute Gasteiger partial charge is 2.00 e. The fourth-order valence-electron chi connectivity index (χ4n) is 0. The minimum atomic E-state index is -3.58. The summed E-state index contributed by atoms with van der Waals surface area (Å²) < 4.78 is 46.5.